The summed E-state index contributed by atoms with van der Waals surface area (Å²) >= 11 is 0. The molecule has 4 heterocycles. The van der Waals surface area contributed by atoms with Gasteiger partial charge in [-0.25, -0.2) is 19.0 Å². The Kier molecular flexibility index (Phi) is 6.29. The van der Waals surface area contributed by atoms with Crippen molar-refractivity contribution in [2.75, 3.05) is 7.11 Å². The number of aryl methyl sites for hydroxylation is 2. The van der Waals surface area contributed by atoms with E-state index >= 15 is 0 Å². The summed E-state index contributed by atoms with van der Waals surface area (Å²) in [7, 11) is 1.66. The Morgan fingerprint density at radius 2 is 2.03 bits per heavy atom. The third-order valence-corrected chi connectivity index (χ3v) is 6.87. The number of ether oxygens (including phenoxy) is 1. The molecule has 0 saturated carbocycles. The van der Waals surface area contributed by atoms with E-state index in [9.17, 15) is 4.39 Å². The van der Waals surface area contributed by atoms with Crippen LogP contribution in [0.2, 0.25) is 0 Å². The summed E-state index contributed by atoms with van der Waals surface area (Å²) in [5.74, 6) is 2.05. The molecule has 0 radical (unpaired) electrons. The van der Waals surface area contributed by atoms with Gasteiger partial charge in [-0.1, -0.05) is 24.3 Å². The molecular formula is C30H27FN6O. The minimum absolute atomic E-state index is 0.0206. The minimum Gasteiger partial charge on any atom is -0.495 e. The van der Waals surface area contributed by atoms with Gasteiger partial charge in [0.15, 0.2) is 5.82 Å². The van der Waals surface area contributed by atoms with Gasteiger partial charge in [-0.2, -0.15) is 5.10 Å². The zero-order chi connectivity index (χ0) is 26.1. The van der Waals surface area contributed by atoms with E-state index in [0.717, 1.165) is 64.6 Å². The number of fused-ring (bicyclic) bond motifs is 1. The van der Waals surface area contributed by atoms with Gasteiger partial charge in [0.25, 0.3) is 0 Å². The molecular weight excluding hydrogens is 479 g/mol. The monoisotopic (exact) mass is 506 g/mol. The molecule has 3 aromatic heterocycles. The largest absolute Gasteiger partial charge is 0.495 e. The standard InChI is InChI=1S/C30H27FN6O/c1-20-18-36(19-33-20)27-11-7-21(15-28(27)38-2)8-12-29-34-30-25(6-4-14-37(30)35-29)24-10-9-23(31)16-26(24)22-5-3-13-32-17-22/h3,5,7-13,15-19,25H,4,6,14H2,1-2H3/b12-8+/t25-/m0/s1. The van der Waals surface area contributed by atoms with Crippen molar-refractivity contribution in [2.45, 2.75) is 32.2 Å². The molecule has 38 heavy (non-hydrogen) atoms. The van der Waals surface area contributed by atoms with E-state index in [2.05, 4.69) is 9.97 Å². The topological polar surface area (TPSA) is 70.7 Å². The zero-order valence-electron chi connectivity index (χ0n) is 21.3. The van der Waals surface area contributed by atoms with Crippen molar-refractivity contribution in [3.8, 4) is 22.6 Å². The summed E-state index contributed by atoms with van der Waals surface area (Å²) < 4.78 is 23.8. The third-order valence-electron chi connectivity index (χ3n) is 6.87. The van der Waals surface area contributed by atoms with Crippen LogP contribution >= 0.6 is 0 Å². The molecule has 1 aliphatic rings. The van der Waals surface area contributed by atoms with Gasteiger partial charge in [0, 0.05) is 36.6 Å². The number of halogens is 1. The highest BCUT2D eigenvalue weighted by molar-refractivity contribution is 5.70. The van der Waals surface area contributed by atoms with Gasteiger partial charge in [-0.05, 0) is 72.9 Å². The van der Waals surface area contributed by atoms with Crippen molar-refractivity contribution in [3.05, 3.63) is 108 Å². The van der Waals surface area contributed by atoms with Gasteiger partial charge in [-0.15, -0.1) is 0 Å². The van der Waals surface area contributed by atoms with Gasteiger partial charge < -0.3 is 9.30 Å². The van der Waals surface area contributed by atoms with Gasteiger partial charge >= 0.3 is 0 Å². The highest BCUT2D eigenvalue weighted by Gasteiger charge is 2.28. The average Bonchev–Trinajstić information content (AvgIpc) is 3.58. The Balaban J connectivity index is 1.31. The highest BCUT2D eigenvalue weighted by atomic mass is 19.1. The van der Waals surface area contributed by atoms with Crippen LogP contribution in [0.3, 0.4) is 0 Å². The summed E-state index contributed by atoms with van der Waals surface area (Å²) in [6.45, 7) is 2.76. The maximum atomic E-state index is 14.3. The van der Waals surface area contributed by atoms with Gasteiger partial charge in [0.2, 0.25) is 0 Å². The SMILES string of the molecule is COc1cc(/C=C/c2nc3n(n2)CCC[C@H]3c2ccc(F)cc2-c2cccnc2)ccc1-n1cnc(C)c1. The second-order valence-electron chi connectivity index (χ2n) is 9.41. The van der Waals surface area contributed by atoms with Crippen molar-refractivity contribution in [2.24, 2.45) is 0 Å². The lowest BCUT2D eigenvalue weighted by atomic mass is 9.86. The normalized spacial score (nSPS) is 15.1. The summed E-state index contributed by atoms with van der Waals surface area (Å²) in [5.41, 5.74) is 5.62. The second kappa shape index (κ2) is 10.0. The first-order chi connectivity index (χ1) is 18.6. The van der Waals surface area contributed by atoms with Gasteiger partial charge in [0.1, 0.15) is 17.4 Å². The molecule has 6 rings (SSSR count). The fourth-order valence-electron chi connectivity index (χ4n) is 5.07. The van der Waals surface area contributed by atoms with Crippen LogP contribution in [-0.4, -0.2) is 36.4 Å². The Bertz CT molecular complexity index is 1620. The number of aromatic nitrogens is 6. The number of nitrogens with zero attached hydrogens (tertiary/aromatic N) is 6. The maximum Gasteiger partial charge on any atom is 0.174 e. The Labute approximate surface area is 220 Å². The lowest BCUT2D eigenvalue weighted by Gasteiger charge is -2.24. The summed E-state index contributed by atoms with van der Waals surface area (Å²) in [6, 6.07) is 14.8. The molecule has 0 spiro atoms. The van der Waals surface area contributed by atoms with Crippen LogP contribution in [0.5, 0.6) is 5.75 Å². The molecule has 1 aliphatic heterocycles. The first-order valence-electron chi connectivity index (χ1n) is 12.6. The van der Waals surface area contributed by atoms with Crippen LogP contribution in [0, 0.1) is 12.7 Å². The van der Waals surface area contributed by atoms with Crippen LogP contribution < -0.4 is 4.74 Å². The smallest absolute Gasteiger partial charge is 0.174 e. The quantitative estimate of drug-likeness (QED) is 0.279. The number of hydrogen-bond donors (Lipinski definition) is 0. The molecule has 0 N–H and O–H groups in total. The van der Waals surface area contributed by atoms with Crippen molar-refractivity contribution < 1.29 is 9.13 Å². The van der Waals surface area contributed by atoms with E-state index in [4.69, 9.17) is 14.8 Å². The molecule has 0 amide bonds. The van der Waals surface area contributed by atoms with E-state index in [1.807, 2.05) is 70.9 Å². The van der Waals surface area contributed by atoms with E-state index < -0.39 is 0 Å². The molecule has 2 aromatic carbocycles. The first-order valence-corrected chi connectivity index (χ1v) is 12.6. The summed E-state index contributed by atoms with van der Waals surface area (Å²) in [6.07, 6.45) is 13.0. The maximum absolute atomic E-state index is 14.3. The molecule has 190 valence electrons. The van der Waals surface area contributed by atoms with E-state index in [0.29, 0.717) is 5.82 Å². The number of rotatable bonds is 6. The van der Waals surface area contributed by atoms with Gasteiger partial charge in [0.05, 0.1) is 24.8 Å². The zero-order valence-corrected chi connectivity index (χ0v) is 21.3. The molecule has 0 fully saturated rings. The molecule has 0 aliphatic carbocycles. The van der Waals surface area contributed by atoms with Crippen LogP contribution in [0.25, 0.3) is 29.0 Å². The Morgan fingerprint density at radius 1 is 1.11 bits per heavy atom. The first kappa shape index (κ1) is 23.8. The van der Waals surface area contributed by atoms with Crippen LogP contribution in [0.4, 0.5) is 4.39 Å². The second-order valence-corrected chi connectivity index (χ2v) is 9.41. The van der Waals surface area contributed by atoms with Gasteiger partial charge in [-0.3, -0.25) is 4.98 Å². The number of imidazole rings is 1. The fraction of sp³-hybridized carbons (Fsp3) is 0.200. The van der Waals surface area contributed by atoms with Crippen molar-refractivity contribution in [1.82, 2.24) is 29.3 Å². The van der Waals surface area contributed by atoms with Crippen molar-refractivity contribution in [1.29, 1.82) is 0 Å². The van der Waals surface area contributed by atoms with E-state index in [-0.39, 0.29) is 11.7 Å². The summed E-state index contributed by atoms with van der Waals surface area (Å²) in [5, 5.41) is 4.76. The van der Waals surface area contributed by atoms with Crippen LogP contribution in [0.15, 0.2) is 73.4 Å². The van der Waals surface area contributed by atoms with E-state index in [1.54, 1.807) is 31.9 Å². The van der Waals surface area contributed by atoms with Crippen LogP contribution in [-0.2, 0) is 6.54 Å². The molecule has 0 saturated heterocycles. The van der Waals surface area contributed by atoms with E-state index in [1.165, 1.54) is 6.07 Å². The fourth-order valence-corrected chi connectivity index (χ4v) is 5.07. The van der Waals surface area contributed by atoms with Crippen molar-refractivity contribution in [3.63, 3.8) is 0 Å². The number of hydrogen-bond acceptors (Lipinski definition) is 5. The number of benzene rings is 2. The Hall–Kier alpha value is -4.59. The molecule has 5 aromatic rings. The summed E-state index contributed by atoms with van der Waals surface area (Å²) in [4.78, 5) is 13.4. The molecule has 0 unspecified atom stereocenters. The third kappa shape index (κ3) is 4.61. The predicted molar refractivity (Wildman–Crippen MR) is 145 cm³/mol. The molecule has 0 bridgehead atoms. The Morgan fingerprint density at radius 3 is 2.82 bits per heavy atom. The number of pyridine rings is 1. The van der Waals surface area contributed by atoms with Crippen LogP contribution in [0.1, 0.15) is 47.2 Å². The lowest BCUT2D eigenvalue weighted by Crippen LogP contribution is -2.18. The minimum atomic E-state index is -0.266. The lowest BCUT2D eigenvalue weighted by molar-refractivity contribution is 0.413. The number of methoxy groups -OCH3 is 1. The molecule has 8 heteroatoms. The highest BCUT2D eigenvalue weighted by Crippen LogP contribution is 2.38. The molecule has 1 atom stereocenters. The average molecular weight is 507 g/mol. The molecule has 7 nitrogen and oxygen atoms in total. The van der Waals surface area contributed by atoms with Crippen molar-refractivity contribution >= 4 is 12.2 Å². The predicted octanol–water partition coefficient (Wildman–Crippen LogP) is 6.08.